The largest absolute Gasteiger partial charge is 0.466 e. The summed E-state index contributed by atoms with van der Waals surface area (Å²) in [6, 6.07) is -0.626. The summed E-state index contributed by atoms with van der Waals surface area (Å²) < 4.78 is 5.49. The number of ether oxygens (including phenoxy) is 1. The Labute approximate surface area is 461 Å². The zero-order chi connectivity index (χ0) is 53.6. The van der Waals surface area contributed by atoms with Gasteiger partial charge < -0.3 is 20.3 Å². The molecule has 0 spiro atoms. The second-order valence-electron chi connectivity index (χ2n) is 22.4. The Morgan fingerprint density at radius 2 is 0.676 bits per heavy atom. The van der Waals surface area contributed by atoms with Gasteiger partial charge in [0, 0.05) is 12.8 Å². The number of esters is 1. The molecule has 0 radical (unpaired) electrons. The van der Waals surface area contributed by atoms with E-state index in [-0.39, 0.29) is 18.5 Å². The molecular weight excluding hydrogens is 911 g/mol. The van der Waals surface area contributed by atoms with E-state index in [0.717, 1.165) is 51.4 Å². The minimum Gasteiger partial charge on any atom is -0.466 e. The molecule has 0 bridgehead atoms. The van der Waals surface area contributed by atoms with Gasteiger partial charge in [0.05, 0.1) is 25.4 Å². The zero-order valence-corrected chi connectivity index (χ0v) is 49.6. The van der Waals surface area contributed by atoms with Crippen molar-refractivity contribution in [2.45, 2.75) is 360 Å². The lowest BCUT2D eigenvalue weighted by Crippen LogP contribution is -2.45. The fourth-order valence-electron chi connectivity index (χ4n) is 10.0. The maximum absolute atomic E-state index is 12.4. The summed E-state index contributed by atoms with van der Waals surface area (Å²) >= 11 is 0. The monoisotopic (exact) mass is 1040 g/mol. The maximum Gasteiger partial charge on any atom is 0.305 e. The minimum absolute atomic E-state index is 0.00933. The third-order valence-corrected chi connectivity index (χ3v) is 15.1. The van der Waals surface area contributed by atoms with Crippen LogP contribution >= 0.6 is 0 Å². The predicted molar refractivity (Wildman–Crippen MR) is 324 cm³/mol. The van der Waals surface area contributed by atoms with E-state index in [4.69, 9.17) is 4.74 Å². The summed E-state index contributed by atoms with van der Waals surface area (Å²) in [6.45, 7) is 4.88. The predicted octanol–water partition coefficient (Wildman–Crippen LogP) is 20.9. The third kappa shape index (κ3) is 59.1. The van der Waals surface area contributed by atoms with E-state index in [0.29, 0.717) is 19.4 Å². The molecule has 3 N–H and O–H groups in total. The normalized spacial score (nSPS) is 12.9. The van der Waals surface area contributed by atoms with Gasteiger partial charge in [0.15, 0.2) is 0 Å². The van der Waals surface area contributed by atoms with E-state index in [9.17, 15) is 19.8 Å². The standard InChI is InChI=1S/C68H127NO5/c1-3-5-7-9-11-13-14-15-16-32-36-39-42-46-50-54-58-62-68(73)74-63-59-55-51-47-43-40-37-34-31-29-27-25-23-21-19-17-18-20-22-24-26-28-30-33-35-38-41-45-49-53-57-61-67(72)69-65(64-70)66(71)60-56-52-48-44-12-10-8-6-4-2/h15-16,19,21,25,27,56,60,65-66,70-71H,3-14,17-18,20,22-24,26,28-55,57-59,61-64H2,1-2H3,(H,69,72)/b16-15-,21-19-,27-25-,60-56+. The number of carbonyl (C=O) groups is 2. The molecule has 0 aromatic carbocycles. The zero-order valence-electron chi connectivity index (χ0n) is 49.6. The second-order valence-corrected chi connectivity index (χ2v) is 22.4. The van der Waals surface area contributed by atoms with E-state index in [1.165, 1.54) is 270 Å². The fourth-order valence-corrected chi connectivity index (χ4v) is 10.0. The Hall–Kier alpha value is -2.18. The van der Waals surface area contributed by atoms with Crippen LogP contribution in [-0.2, 0) is 14.3 Å². The van der Waals surface area contributed by atoms with Crippen LogP contribution in [0.25, 0.3) is 0 Å². The number of rotatable bonds is 61. The number of hydrogen-bond acceptors (Lipinski definition) is 5. The topological polar surface area (TPSA) is 95.9 Å². The van der Waals surface area contributed by atoms with Crippen molar-refractivity contribution in [3.8, 4) is 0 Å². The van der Waals surface area contributed by atoms with Gasteiger partial charge in [0.2, 0.25) is 5.91 Å². The van der Waals surface area contributed by atoms with E-state index in [1.54, 1.807) is 6.08 Å². The van der Waals surface area contributed by atoms with E-state index >= 15 is 0 Å². The quantitative estimate of drug-likeness (QED) is 0.0320. The van der Waals surface area contributed by atoms with Crippen LogP contribution < -0.4 is 5.32 Å². The van der Waals surface area contributed by atoms with E-state index < -0.39 is 12.1 Å². The van der Waals surface area contributed by atoms with Crippen molar-refractivity contribution in [3.63, 3.8) is 0 Å². The van der Waals surface area contributed by atoms with Crippen LogP contribution in [0, 0.1) is 0 Å². The van der Waals surface area contributed by atoms with Crippen molar-refractivity contribution >= 4 is 11.9 Å². The van der Waals surface area contributed by atoms with Gasteiger partial charge in [-0.2, -0.15) is 0 Å². The highest BCUT2D eigenvalue weighted by Crippen LogP contribution is 2.17. The van der Waals surface area contributed by atoms with Crippen LogP contribution in [0.4, 0.5) is 0 Å². The molecular formula is C68H127NO5. The van der Waals surface area contributed by atoms with Gasteiger partial charge in [-0.1, -0.05) is 294 Å². The number of hydrogen-bond donors (Lipinski definition) is 3. The first-order valence-electron chi connectivity index (χ1n) is 32.9. The Morgan fingerprint density at radius 1 is 0.378 bits per heavy atom. The Balaban J connectivity index is 3.37. The number of nitrogens with one attached hydrogen (secondary N) is 1. The number of unbranched alkanes of at least 4 members (excludes halogenated alkanes) is 44. The molecule has 2 atom stereocenters. The van der Waals surface area contributed by atoms with Crippen LogP contribution in [-0.4, -0.2) is 47.4 Å². The van der Waals surface area contributed by atoms with E-state index in [1.807, 2.05) is 6.08 Å². The molecule has 0 rings (SSSR count). The van der Waals surface area contributed by atoms with Crippen molar-refractivity contribution < 1.29 is 24.5 Å². The molecule has 0 aliphatic carbocycles. The van der Waals surface area contributed by atoms with Crippen LogP contribution in [0.1, 0.15) is 348 Å². The first kappa shape index (κ1) is 71.8. The van der Waals surface area contributed by atoms with E-state index in [2.05, 4.69) is 55.6 Å². The maximum atomic E-state index is 12.4. The summed E-state index contributed by atoms with van der Waals surface area (Å²) in [7, 11) is 0. The lowest BCUT2D eigenvalue weighted by Gasteiger charge is -2.20. The Morgan fingerprint density at radius 3 is 1.04 bits per heavy atom. The van der Waals surface area contributed by atoms with Crippen LogP contribution in [0.3, 0.4) is 0 Å². The highest BCUT2D eigenvalue weighted by atomic mass is 16.5. The summed E-state index contributed by atoms with van der Waals surface area (Å²) in [4.78, 5) is 24.5. The summed E-state index contributed by atoms with van der Waals surface area (Å²) in [5.41, 5.74) is 0. The van der Waals surface area contributed by atoms with Gasteiger partial charge in [-0.25, -0.2) is 0 Å². The molecule has 0 aromatic heterocycles. The first-order chi connectivity index (χ1) is 36.5. The third-order valence-electron chi connectivity index (χ3n) is 15.1. The average Bonchev–Trinajstić information content (AvgIpc) is 3.40. The van der Waals surface area contributed by atoms with Crippen LogP contribution in [0.15, 0.2) is 48.6 Å². The van der Waals surface area contributed by atoms with Gasteiger partial charge in [-0.15, -0.1) is 0 Å². The number of carbonyl (C=O) groups excluding carboxylic acids is 2. The van der Waals surface area contributed by atoms with Crippen LogP contribution in [0.5, 0.6) is 0 Å². The highest BCUT2D eigenvalue weighted by molar-refractivity contribution is 5.76. The van der Waals surface area contributed by atoms with Crippen molar-refractivity contribution in [2.24, 2.45) is 0 Å². The molecule has 2 unspecified atom stereocenters. The molecule has 0 saturated carbocycles. The average molecular weight is 1040 g/mol. The van der Waals surface area contributed by atoms with Gasteiger partial charge in [0.1, 0.15) is 0 Å². The summed E-state index contributed by atoms with van der Waals surface area (Å²) in [5.74, 6) is -0.0604. The minimum atomic E-state index is -0.842. The van der Waals surface area contributed by atoms with Gasteiger partial charge in [-0.3, -0.25) is 9.59 Å². The summed E-state index contributed by atoms with van der Waals surface area (Å²) in [6.07, 6.45) is 81.9. The molecule has 0 aliphatic heterocycles. The molecule has 0 saturated heterocycles. The smallest absolute Gasteiger partial charge is 0.305 e. The number of aliphatic hydroxyl groups excluding tert-OH is 2. The van der Waals surface area contributed by atoms with Gasteiger partial charge in [-0.05, 0) is 89.9 Å². The van der Waals surface area contributed by atoms with Crippen molar-refractivity contribution in [2.75, 3.05) is 13.2 Å². The molecule has 0 fully saturated rings. The second kappa shape index (κ2) is 63.4. The van der Waals surface area contributed by atoms with Crippen molar-refractivity contribution in [1.29, 1.82) is 0 Å². The Bertz CT molecular complexity index is 1240. The number of amides is 1. The molecule has 434 valence electrons. The first-order valence-corrected chi connectivity index (χ1v) is 32.9. The van der Waals surface area contributed by atoms with Crippen molar-refractivity contribution in [1.82, 2.24) is 5.32 Å². The molecule has 6 heteroatoms. The molecule has 74 heavy (non-hydrogen) atoms. The lowest BCUT2D eigenvalue weighted by atomic mass is 10.0. The molecule has 1 amide bonds. The SMILES string of the molecule is CCCCCCCC/C=C\CCCCCCCCCC(=O)OCCCCCCCCCCC/C=C\C/C=C\CCCCCCCCCCCCCCCCCC(=O)NC(CO)C(O)/C=C/CCCCCCCCC. The number of aliphatic hydroxyl groups is 2. The van der Waals surface area contributed by atoms with Gasteiger partial charge >= 0.3 is 5.97 Å². The molecule has 0 aliphatic rings. The lowest BCUT2D eigenvalue weighted by molar-refractivity contribution is -0.143. The molecule has 6 nitrogen and oxygen atoms in total. The summed E-state index contributed by atoms with van der Waals surface area (Å²) in [5, 5.41) is 23.0. The fraction of sp³-hybridized carbons (Fsp3) is 0.853. The molecule has 0 aromatic rings. The highest BCUT2D eigenvalue weighted by Gasteiger charge is 2.18. The van der Waals surface area contributed by atoms with Crippen molar-refractivity contribution in [3.05, 3.63) is 48.6 Å². The van der Waals surface area contributed by atoms with Crippen LogP contribution in [0.2, 0.25) is 0 Å². The Kier molecular flexibility index (Phi) is 61.5. The molecule has 0 heterocycles. The van der Waals surface area contributed by atoms with Gasteiger partial charge in [0.25, 0.3) is 0 Å². The number of allylic oxidation sites excluding steroid dienone is 7.